The molecule has 1 aromatic carbocycles. The number of carbonyl (C=O) groups is 2. The Labute approximate surface area is 115 Å². The fraction of sp³-hybridized carbons (Fsp3) is 0.429. The highest BCUT2D eigenvalue weighted by atomic mass is 19.3. The largest absolute Gasteiger partial charge is 0.480 e. The van der Waals surface area contributed by atoms with E-state index in [1.807, 2.05) is 0 Å². The van der Waals surface area contributed by atoms with Crippen LogP contribution in [0.25, 0.3) is 0 Å². The molecular weight excluding hydrogens is 270 g/mol. The van der Waals surface area contributed by atoms with E-state index in [0.717, 1.165) is 0 Å². The number of hydrogen-bond donors (Lipinski definition) is 1. The Kier molecular flexibility index (Phi) is 5.19. The molecule has 0 radical (unpaired) electrons. The number of alkyl halides is 2. The van der Waals surface area contributed by atoms with Gasteiger partial charge in [0.25, 0.3) is 0 Å². The fourth-order valence-electron chi connectivity index (χ4n) is 2.01. The van der Waals surface area contributed by atoms with Crippen LogP contribution in [0.2, 0.25) is 0 Å². The van der Waals surface area contributed by atoms with Gasteiger partial charge in [0.2, 0.25) is 6.43 Å². The molecule has 20 heavy (non-hydrogen) atoms. The van der Waals surface area contributed by atoms with E-state index in [-0.39, 0.29) is 12.2 Å². The summed E-state index contributed by atoms with van der Waals surface area (Å²) in [6.07, 6.45) is -4.07. The molecule has 0 saturated carbocycles. The molecule has 6 heteroatoms. The van der Waals surface area contributed by atoms with Gasteiger partial charge in [-0.25, -0.2) is 8.78 Å². The highest BCUT2D eigenvalue weighted by Crippen LogP contribution is 2.33. The molecule has 1 N–H and O–H groups in total. The normalized spacial score (nSPS) is 13.8. The molecule has 1 unspecified atom stereocenters. The predicted molar refractivity (Wildman–Crippen MR) is 67.7 cm³/mol. The summed E-state index contributed by atoms with van der Waals surface area (Å²) in [6, 6.07) is 5.96. The molecule has 0 bridgehead atoms. The zero-order chi connectivity index (χ0) is 15.3. The fourth-order valence-corrected chi connectivity index (χ4v) is 2.01. The molecule has 0 saturated heterocycles. The molecular formula is C14H16F2O4. The zero-order valence-electron chi connectivity index (χ0n) is 11.2. The second-order valence-corrected chi connectivity index (χ2v) is 4.40. The molecule has 1 atom stereocenters. The average molecular weight is 286 g/mol. The number of aliphatic carboxylic acids is 1. The van der Waals surface area contributed by atoms with Crippen LogP contribution in [0.5, 0.6) is 0 Å². The number of rotatable bonds is 6. The number of carboxylic acid groups (broad SMARTS) is 1. The monoisotopic (exact) mass is 286 g/mol. The van der Waals surface area contributed by atoms with Gasteiger partial charge in [-0.2, -0.15) is 0 Å². The first-order valence-electron chi connectivity index (χ1n) is 6.10. The Morgan fingerprint density at radius 2 is 2.05 bits per heavy atom. The van der Waals surface area contributed by atoms with Crippen LogP contribution in [-0.2, 0) is 19.7 Å². The van der Waals surface area contributed by atoms with Crippen LogP contribution in [0, 0.1) is 6.92 Å². The van der Waals surface area contributed by atoms with Crippen molar-refractivity contribution < 1.29 is 28.2 Å². The molecule has 0 fully saturated rings. The minimum atomic E-state index is -2.95. The smallest absolute Gasteiger partial charge is 0.328 e. The summed E-state index contributed by atoms with van der Waals surface area (Å²) in [7, 11) is 0. The standard InChI is InChI=1S/C14H16F2O4/c1-3-20-13(19)14(12(17)18,8-11(15)16)10-6-4-5-9(2)7-10/h4-7,11H,3,8H2,1-2H3,(H,17,18). The average Bonchev–Trinajstić information content (AvgIpc) is 2.35. The van der Waals surface area contributed by atoms with Crippen molar-refractivity contribution in [1.29, 1.82) is 0 Å². The second kappa shape index (κ2) is 6.45. The number of halogens is 2. The van der Waals surface area contributed by atoms with Gasteiger partial charge >= 0.3 is 11.9 Å². The number of aryl methyl sites for hydroxylation is 1. The van der Waals surface area contributed by atoms with Crippen LogP contribution in [-0.4, -0.2) is 30.1 Å². The van der Waals surface area contributed by atoms with Crippen molar-refractivity contribution in [1.82, 2.24) is 0 Å². The summed E-state index contributed by atoms with van der Waals surface area (Å²) >= 11 is 0. The van der Waals surface area contributed by atoms with Gasteiger partial charge in [0.15, 0.2) is 5.41 Å². The highest BCUT2D eigenvalue weighted by molar-refractivity contribution is 6.05. The second-order valence-electron chi connectivity index (χ2n) is 4.40. The number of carbonyl (C=O) groups excluding carboxylic acids is 1. The number of benzene rings is 1. The maximum atomic E-state index is 12.8. The van der Waals surface area contributed by atoms with Gasteiger partial charge in [0.05, 0.1) is 6.61 Å². The van der Waals surface area contributed by atoms with Gasteiger partial charge in [-0.15, -0.1) is 0 Å². The van der Waals surface area contributed by atoms with Gasteiger partial charge in [-0.05, 0) is 19.4 Å². The summed E-state index contributed by atoms with van der Waals surface area (Å²) < 4.78 is 30.3. The lowest BCUT2D eigenvalue weighted by Gasteiger charge is -2.27. The van der Waals surface area contributed by atoms with Crippen LogP contribution >= 0.6 is 0 Å². The van der Waals surface area contributed by atoms with Crippen molar-refractivity contribution in [3.05, 3.63) is 35.4 Å². The SMILES string of the molecule is CCOC(=O)C(CC(F)F)(C(=O)O)c1cccc(C)c1. The Balaban J connectivity index is 3.44. The quantitative estimate of drug-likeness (QED) is 0.644. The maximum absolute atomic E-state index is 12.8. The summed E-state index contributed by atoms with van der Waals surface area (Å²) in [6.45, 7) is 3.09. The van der Waals surface area contributed by atoms with Crippen molar-refractivity contribution in [2.45, 2.75) is 32.1 Å². The molecule has 0 spiro atoms. The molecule has 110 valence electrons. The van der Waals surface area contributed by atoms with Gasteiger partial charge in [-0.3, -0.25) is 9.59 Å². The Hall–Kier alpha value is -1.98. The summed E-state index contributed by atoms with van der Waals surface area (Å²) in [4.78, 5) is 23.6. The predicted octanol–water partition coefficient (Wildman–Crippen LogP) is 2.54. The van der Waals surface area contributed by atoms with Crippen molar-refractivity contribution in [2.75, 3.05) is 6.61 Å². The molecule has 0 aromatic heterocycles. The number of ether oxygens (including phenoxy) is 1. The Bertz CT molecular complexity index is 502. The van der Waals surface area contributed by atoms with E-state index < -0.39 is 30.2 Å². The lowest BCUT2D eigenvalue weighted by atomic mass is 9.77. The zero-order valence-corrected chi connectivity index (χ0v) is 11.2. The minimum absolute atomic E-state index is 0.00347. The third kappa shape index (κ3) is 3.12. The molecule has 0 aliphatic rings. The van der Waals surface area contributed by atoms with Crippen LogP contribution in [0.4, 0.5) is 8.78 Å². The van der Waals surface area contributed by atoms with Crippen LogP contribution in [0.15, 0.2) is 24.3 Å². The molecule has 1 rings (SSSR count). The van der Waals surface area contributed by atoms with E-state index in [4.69, 9.17) is 4.74 Å². The molecule has 4 nitrogen and oxygen atoms in total. The van der Waals surface area contributed by atoms with Gasteiger partial charge in [0, 0.05) is 6.42 Å². The number of hydrogen-bond acceptors (Lipinski definition) is 3. The molecule has 0 amide bonds. The van der Waals surface area contributed by atoms with Gasteiger partial charge < -0.3 is 9.84 Å². The molecule has 1 aromatic rings. The topological polar surface area (TPSA) is 63.6 Å². The lowest BCUT2D eigenvalue weighted by molar-refractivity contribution is -0.164. The van der Waals surface area contributed by atoms with E-state index in [1.165, 1.54) is 25.1 Å². The molecule has 0 aliphatic heterocycles. The Morgan fingerprint density at radius 1 is 1.40 bits per heavy atom. The van der Waals surface area contributed by atoms with Gasteiger partial charge in [0.1, 0.15) is 0 Å². The Morgan fingerprint density at radius 3 is 2.50 bits per heavy atom. The highest BCUT2D eigenvalue weighted by Gasteiger charge is 2.51. The van der Waals surface area contributed by atoms with Crippen LogP contribution < -0.4 is 0 Å². The van der Waals surface area contributed by atoms with E-state index in [2.05, 4.69) is 0 Å². The van der Waals surface area contributed by atoms with Crippen molar-refractivity contribution in [3.63, 3.8) is 0 Å². The van der Waals surface area contributed by atoms with Crippen LogP contribution in [0.3, 0.4) is 0 Å². The minimum Gasteiger partial charge on any atom is -0.480 e. The van der Waals surface area contributed by atoms with E-state index in [9.17, 15) is 23.5 Å². The van der Waals surface area contributed by atoms with Crippen LogP contribution in [0.1, 0.15) is 24.5 Å². The summed E-state index contributed by atoms with van der Waals surface area (Å²) in [5.74, 6) is -2.81. The molecule has 0 heterocycles. The number of esters is 1. The summed E-state index contributed by atoms with van der Waals surface area (Å²) in [5, 5.41) is 9.38. The van der Waals surface area contributed by atoms with Gasteiger partial charge in [-0.1, -0.05) is 29.8 Å². The van der Waals surface area contributed by atoms with Crippen molar-refractivity contribution >= 4 is 11.9 Å². The lowest BCUT2D eigenvalue weighted by Crippen LogP contribution is -2.46. The third-order valence-electron chi connectivity index (χ3n) is 2.96. The number of carboxylic acids is 1. The maximum Gasteiger partial charge on any atom is 0.328 e. The first-order valence-corrected chi connectivity index (χ1v) is 6.10. The van der Waals surface area contributed by atoms with Crippen molar-refractivity contribution in [3.8, 4) is 0 Å². The van der Waals surface area contributed by atoms with E-state index in [1.54, 1.807) is 13.0 Å². The van der Waals surface area contributed by atoms with E-state index in [0.29, 0.717) is 5.56 Å². The first kappa shape index (κ1) is 16.1. The molecule has 0 aliphatic carbocycles. The first-order chi connectivity index (χ1) is 9.34. The summed E-state index contributed by atoms with van der Waals surface area (Å²) in [5.41, 5.74) is -1.70. The van der Waals surface area contributed by atoms with Crippen molar-refractivity contribution in [2.24, 2.45) is 0 Å². The van der Waals surface area contributed by atoms with E-state index >= 15 is 0 Å². The third-order valence-corrected chi connectivity index (χ3v) is 2.96.